The molecule has 7 heteroatoms. The number of piperidine rings is 1. The lowest BCUT2D eigenvalue weighted by Gasteiger charge is -2.37. The molecule has 3 unspecified atom stereocenters. The Morgan fingerprint density at radius 1 is 1.21 bits per heavy atom. The van der Waals surface area contributed by atoms with Crippen LogP contribution in [0.25, 0.3) is 0 Å². The number of halogens is 1. The normalized spacial score (nSPS) is 34.2. The molecule has 5 nitrogen and oxygen atoms in total. The summed E-state index contributed by atoms with van der Waals surface area (Å²) in [5, 5.41) is 0. The summed E-state index contributed by atoms with van der Waals surface area (Å²) < 4.78 is 28.6. The summed E-state index contributed by atoms with van der Waals surface area (Å²) in [6.45, 7) is 6.62. The van der Waals surface area contributed by atoms with E-state index in [1.165, 1.54) is 0 Å². The zero-order valence-corrected chi connectivity index (χ0v) is 13.4. The smallest absolute Gasteiger partial charge is 0.282 e. The highest BCUT2D eigenvalue weighted by Crippen LogP contribution is 2.28. The zero-order valence-electron chi connectivity index (χ0n) is 11.8. The highest BCUT2D eigenvalue weighted by Gasteiger charge is 2.39. The van der Waals surface area contributed by atoms with E-state index in [2.05, 4.69) is 13.8 Å². The van der Waals surface area contributed by atoms with Gasteiger partial charge < -0.3 is 5.73 Å². The van der Waals surface area contributed by atoms with Crippen LogP contribution in [0.15, 0.2) is 0 Å². The molecule has 2 heterocycles. The third-order valence-corrected chi connectivity index (χ3v) is 6.08. The lowest BCUT2D eigenvalue weighted by atomic mass is 9.94. The molecule has 0 saturated carbocycles. The molecule has 0 radical (unpaired) electrons. The van der Waals surface area contributed by atoms with Crippen LogP contribution in [-0.2, 0) is 10.2 Å². The third kappa shape index (κ3) is 3.61. The molecule has 2 aliphatic heterocycles. The molecule has 0 aromatic rings. The molecule has 2 aliphatic rings. The summed E-state index contributed by atoms with van der Waals surface area (Å²) in [4.78, 5) is 0. The Kier molecular flexibility index (Phi) is 6.07. The summed E-state index contributed by atoms with van der Waals surface area (Å²) in [5.41, 5.74) is 5.68. The van der Waals surface area contributed by atoms with E-state index in [0.29, 0.717) is 38.0 Å². The van der Waals surface area contributed by atoms with Gasteiger partial charge in [0, 0.05) is 32.2 Å². The van der Waals surface area contributed by atoms with Gasteiger partial charge in [-0.3, -0.25) is 0 Å². The van der Waals surface area contributed by atoms with E-state index in [-0.39, 0.29) is 18.4 Å². The molecule has 2 fully saturated rings. The van der Waals surface area contributed by atoms with Crippen LogP contribution in [0.1, 0.15) is 33.1 Å². The highest BCUT2D eigenvalue weighted by atomic mass is 35.5. The molecule has 114 valence electrons. The van der Waals surface area contributed by atoms with Crippen molar-refractivity contribution in [3.8, 4) is 0 Å². The number of hydrogen-bond donors (Lipinski definition) is 1. The molecule has 0 aromatic heterocycles. The van der Waals surface area contributed by atoms with Crippen LogP contribution < -0.4 is 5.73 Å². The summed E-state index contributed by atoms with van der Waals surface area (Å²) in [5.74, 6) is 0.893. The average Bonchev–Trinajstić information content (AvgIpc) is 2.76. The van der Waals surface area contributed by atoms with Crippen molar-refractivity contribution in [1.82, 2.24) is 8.61 Å². The molecular weight excluding hydrogens is 286 g/mol. The first-order chi connectivity index (χ1) is 8.45. The number of nitrogens with two attached hydrogens (primary N) is 1. The first-order valence-corrected chi connectivity index (χ1v) is 8.31. The van der Waals surface area contributed by atoms with Gasteiger partial charge in [0.05, 0.1) is 0 Å². The Hall–Kier alpha value is 0.120. The quantitative estimate of drug-likeness (QED) is 0.847. The highest BCUT2D eigenvalue weighted by molar-refractivity contribution is 7.86. The fourth-order valence-corrected chi connectivity index (χ4v) is 5.40. The topological polar surface area (TPSA) is 66.6 Å². The summed E-state index contributed by atoms with van der Waals surface area (Å²) in [6.07, 6.45) is 2.95. The second-order valence-corrected chi connectivity index (χ2v) is 7.79. The van der Waals surface area contributed by atoms with E-state index in [4.69, 9.17) is 5.73 Å². The van der Waals surface area contributed by atoms with Gasteiger partial charge >= 0.3 is 0 Å². The van der Waals surface area contributed by atoms with Gasteiger partial charge in [-0.2, -0.15) is 17.0 Å². The van der Waals surface area contributed by atoms with Crippen molar-refractivity contribution in [2.75, 3.05) is 26.2 Å². The first-order valence-electron chi connectivity index (χ1n) is 6.92. The molecule has 0 bridgehead atoms. The van der Waals surface area contributed by atoms with Crippen LogP contribution in [0.3, 0.4) is 0 Å². The minimum absolute atomic E-state index is 0. The van der Waals surface area contributed by atoms with Crippen LogP contribution in [0.4, 0.5) is 0 Å². The maximum absolute atomic E-state index is 12.6. The summed E-state index contributed by atoms with van der Waals surface area (Å²) in [7, 11) is -3.30. The molecule has 2 N–H and O–H groups in total. The van der Waals surface area contributed by atoms with Crippen molar-refractivity contribution >= 4 is 22.6 Å². The maximum Gasteiger partial charge on any atom is 0.282 e. The third-order valence-electron chi connectivity index (χ3n) is 4.05. The molecule has 19 heavy (non-hydrogen) atoms. The second-order valence-electron chi connectivity index (χ2n) is 5.91. The fourth-order valence-electron chi connectivity index (χ4n) is 3.29. The predicted molar refractivity (Wildman–Crippen MR) is 79.5 cm³/mol. The van der Waals surface area contributed by atoms with E-state index in [1.54, 1.807) is 8.61 Å². The predicted octanol–water partition coefficient (Wildman–Crippen LogP) is 1.05. The molecule has 0 spiro atoms. The minimum atomic E-state index is -3.30. The van der Waals surface area contributed by atoms with Crippen LogP contribution in [0, 0.1) is 11.8 Å². The Morgan fingerprint density at radius 3 is 2.32 bits per heavy atom. The van der Waals surface area contributed by atoms with Gasteiger partial charge in [0.1, 0.15) is 0 Å². The monoisotopic (exact) mass is 311 g/mol. The number of hydrogen-bond acceptors (Lipinski definition) is 3. The Bertz CT molecular complexity index is 380. The molecular formula is C12H26ClN3O2S. The molecule has 3 atom stereocenters. The molecule has 2 saturated heterocycles. The SMILES string of the molecule is CC1CC(C)CN(S(=O)(=O)N2CCCC2CN)C1.Cl. The summed E-state index contributed by atoms with van der Waals surface area (Å²) in [6, 6.07) is 0.00235. The van der Waals surface area contributed by atoms with E-state index in [0.717, 1.165) is 19.3 Å². The molecule has 0 amide bonds. The Morgan fingerprint density at radius 2 is 1.79 bits per heavy atom. The lowest BCUT2D eigenvalue weighted by Crippen LogP contribution is -2.52. The van der Waals surface area contributed by atoms with Crippen molar-refractivity contribution < 1.29 is 8.42 Å². The van der Waals surface area contributed by atoms with Crippen molar-refractivity contribution in [2.24, 2.45) is 17.6 Å². The largest absolute Gasteiger partial charge is 0.329 e. The van der Waals surface area contributed by atoms with Gasteiger partial charge in [0.2, 0.25) is 0 Å². The Labute approximate surface area is 123 Å². The van der Waals surface area contributed by atoms with E-state index in [9.17, 15) is 8.42 Å². The van der Waals surface area contributed by atoms with Gasteiger partial charge in [-0.25, -0.2) is 0 Å². The van der Waals surface area contributed by atoms with Crippen LogP contribution >= 0.6 is 12.4 Å². The second kappa shape index (κ2) is 6.72. The number of nitrogens with zero attached hydrogens (tertiary/aromatic N) is 2. The maximum atomic E-state index is 12.6. The van der Waals surface area contributed by atoms with E-state index >= 15 is 0 Å². The van der Waals surface area contributed by atoms with Gasteiger partial charge in [0.25, 0.3) is 10.2 Å². The summed E-state index contributed by atoms with van der Waals surface area (Å²) >= 11 is 0. The van der Waals surface area contributed by atoms with Gasteiger partial charge in [-0.15, -0.1) is 12.4 Å². The van der Waals surface area contributed by atoms with Crippen LogP contribution in [-0.4, -0.2) is 49.2 Å². The van der Waals surface area contributed by atoms with Crippen molar-refractivity contribution in [2.45, 2.75) is 39.2 Å². The number of rotatable bonds is 3. The van der Waals surface area contributed by atoms with Crippen molar-refractivity contribution in [3.63, 3.8) is 0 Å². The lowest BCUT2D eigenvalue weighted by molar-refractivity contribution is 0.207. The van der Waals surface area contributed by atoms with Gasteiger partial charge in [0.15, 0.2) is 0 Å². The van der Waals surface area contributed by atoms with Gasteiger partial charge in [-0.05, 0) is 31.1 Å². The average molecular weight is 312 g/mol. The Balaban J connectivity index is 0.00000180. The minimum Gasteiger partial charge on any atom is -0.329 e. The van der Waals surface area contributed by atoms with Crippen molar-refractivity contribution in [1.29, 1.82) is 0 Å². The van der Waals surface area contributed by atoms with Gasteiger partial charge in [-0.1, -0.05) is 13.8 Å². The first kappa shape index (κ1) is 17.2. The molecule has 0 aliphatic carbocycles. The van der Waals surface area contributed by atoms with Crippen molar-refractivity contribution in [3.05, 3.63) is 0 Å². The molecule has 2 rings (SSSR count). The van der Waals surface area contributed by atoms with Crippen LogP contribution in [0.5, 0.6) is 0 Å². The molecule has 0 aromatic carbocycles. The van der Waals surface area contributed by atoms with Crippen LogP contribution in [0.2, 0.25) is 0 Å². The zero-order chi connectivity index (χ0) is 13.3. The fraction of sp³-hybridized carbons (Fsp3) is 1.00. The standard InChI is InChI=1S/C12H25N3O2S.ClH/c1-10-6-11(2)9-14(8-10)18(16,17)15-5-3-4-12(15)7-13;/h10-12H,3-9,13H2,1-2H3;1H. The van der Waals surface area contributed by atoms with E-state index < -0.39 is 10.2 Å². The van der Waals surface area contributed by atoms with E-state index in [1.807, 2.05) is 0 Å².